The highest BCUT2D eigenvalue weighted by Crippen LogP contribution is 2.25. The molecule has 1 aliphatic heterocycles. The molecular formula is C12H20N2O2S. The van der Waals surface area contributed by atoms with Gasteiger partial charge in [0.05, 0.1) is 17.7 Å². The number of nitrogens with zero attached hydrogens (tertiary/aromatic N) is 2. The third-order valence-electron chi connectivity index (χ3n) is 3.14. The molecule has 2 N–H and O–H groups in total. The van der Waals surface area contributed by atoms with Gasteiger partial charge < -0.3 is 10.2 Å². The number of likely N-dealkylation sites (tertiary alicyclic amines) is 1. The van der Waals surface area contributed by atoms with Crippen LogP contribution in [-0.2, 0) is 6.54 Å². The van der Waals surface area contributed by atoms with Crippen LogP contribution in [0.3, 0.4) is 0 Å². The number of aromatic nitrogens is 1. The van der Waals surface area contributed by atoms with Gasteiger partial charge in [-0.3, -0.25) is 4.90 Å². The van der Waals surface area contributed by atoms with Crippen LogP contribution in [0, 0.1) is 0 Å². The van der Waals surface area contributed by atoms with E-state index in [1.165, 1.54) is 4.88 Å². The molecule has 1 aromatic rings. The lowest BCUT2D eigenvalue weighted by Crippen LogP contribution is -2.31. The minimum atomic E-state index is -0.301. The Kier molecular flexibility index (Phi) is 4.14. The summed E-state index contributed by atoms with van der Waals surface area (Å²) in [5.74, 6) is 0.464. The standard InChI is InChI=1S/C12H20N2O2S/c1-8(2)12-13-4-11(17-12)6-14-5-10(16)3-9(14)7-15/h4,8-10,15-16H,3,5-7H2,1-2H3/t9-,10-/m0/s1. The van der Waals surface area contributed by atoms with Crippen molar-refractivity contribution in [2.75, 3.05) is 13.2 Å². The van der Waals surface area contributed by atoms with Gasteiger partial charge in [0.15, 0.2) is 0 Å². The van der Waals surface area contributed by atoms with Gasteiger partial charge in [-0.1, -0.05) is 13.8 Å². The number of hydrogen-bond acceptors (Lipinski definition) is 5. The molecule has 4 nitrogen and oxygen atoms in total. The van der Waals surface area contributed by atoms with Crippen LogP contribution in [0.1, 0.15) is 36.1 Å². The van der Waals surface area contributed by atoms with Gasteiger partial charge in [0.25, 0.3) is 0 Å². The summed E-state index contributed by atoms with van der Waals surface area (Å²) in [6.45, 7) is 5.83. The maximum atomic E-state index is 9.61. The summed E-state index contributed by atoms with van der Waals surface area (Å²) in [6.07, 6.45) is 2.29. The van der Waals surface area contributed by atoms with Crippen molar-refractivity contribution < 1.29 is 10.2 Å². The van der Waals surface area contributed by atoms with E-state index in [0.717, 1.165) is 11.6 Å². The van der Waals surface area contributed by atoms with Gasteiger partial charge in [-0.15, -0.1) is 11.3 Å². The molecule has 2 atom stereocenters. The maximum Gasteiger partial charge on any atom is 0.0953 e. The number of thiazole rings is 1. The first-order chi connectivity index (χ1) is 8.10. The molecule has 0 radical (unpaired) electrons. The molecule has 0 amide bonds. The van der Waals surface area contributed by atoms with Gasteiger partial charge in [0, 0.05) is 36.1 Å². The minimum Gasteiger partial charge on any atom is -0.395 e. The Morgan fingerprint density at radius 1 is 1.59 bits per heavy atom. The Balaban J connectivity index is 1.99. The van der Waals surface area contributed by atoms with Crippen LogP contribution in [-0.4, -0.2) is 45.4 Å². The van der Waals surface area contributed by atoms with E-state index in [-0.39, 0.29) is 18.8 Å². The van der Waals surface area contributed by atoms with Gasteiger partial charge in [-0.25, -0.2) is 4.98 Å². The second-order valence-corrected chi connectivity index (χ2v) is 6.12. The van der Waals surface area contributed by atoms with Gasteiger partial charge >= 0.3 is 0 Å². The van der Waals surface area contributed by atoms with Crippen molar-refractivity contribution >= 4 is 11.3 Å². The summed E-state index contributed by atoms with van der Waals surface area (Å²) in [4.78, 5) is 7.75. The number of rotatable bonds is 4. The zero-order valence-electron chi connectivity index (χ0n) is 10.3. The summed E-state index contributed by atoms with van der Waals surface area (Å²) in [5, 5.41) is 20.0. The topological polar surface area (TPSA) is 56.6 Å². The van der Waals surface area contributed by atoms with E-state index in [2.05, 4.69) is 23.7 Å². The molecular weight excluding hydrogens is 236 g/mol. The quantitative estimate of drug-likeness (QED) is 0.850. The Labute approximate surface area is 106 Å². The fourth-order valence-corrected chi connectivity index (χ4v) is 3.15. The number of β-amino-alcohol motifs (C(OH)–C–C–N with tert-alkyl or cyclic N) is 1. The molecule has 2 heterocycles. The van der Waals surface area contributed by atoms with Crippen molar-refractivity contribution in [1.82, 2.24) is 9.88 Å². The average molecular weight is 256 g/mol. The highest BCUT2D eigenvalue weighted by Gasteiger charge is 2.30. The van der Waals surface area contributed by atoms with Gasteiger partial charge in [0.1, 0.15) is 0 Å². The van der Waals surface area contributed by atoms with Crippen LogP contribution < -0.4 is 0 Å². The van der Waals surface area contributed by atoms with E-state index in [4.69, 9.17) is 0 Å². The average Bonchev–Trinajstić information content (AvgIpc) is 2.86. The highest BCUT2D eigenvalue weighted by molar-refractivity contribution is 7.11. The molecule has 1 fully saturated rings. The fourth-order valence-electron chi connectivity index (χ4n) is 2.20. The maximum absolute atomic E-state index is 9.61. The molecule has 0 unspecified atom stereocenters. The lowest BCUT2D eigenvalue weighted by Gasteiger charge is -2.20. The zero-order chi connectivity index (χ0) is 12.4. The molecule has 2 rings (SSSR count). The van der Waals surface area contributed by atoms with E-state index in [1.54, 1.807) is 11.3 Å². The number of aliphatic hydroxyl groups is 2. The summed E-state index contributed by atoms with van der Waals surface area (Å²) in [7, 11) is 0. The summed E-state index contributed by atoms with van der Waals surface area (Å²) in [6, 6.07) is 0.0922. The third-order valence-corrected chi connectivity index (χ3v) is 4.42. The molecule has 1 saturated heterocycles. The first-order valence-corrected chi connectivity index (χ1v) is 6.89. The van der Waals surface area contributed by atoms with Crippen molar-refractivity contribution in [2.45, 2.75) is 44.9 Å². The molecule has 1 aliphatic rings. The fraction of sp³-hybridized carbons (Fsp3) is 0.750. The third kappa shape index (κ3) is 3.04. The van der Waals surface area contributed by atoms with Crippen LogP contribution in [0.15, 0.2) is 6.20 Å². The summed E-state index contributed by atoms with van der Waals surface area (Å²) < 4.78 is 0. The molecule has 17 heavy (non-hydrogen) atoms. The molecule has 96 valence electrons. The first kappa shape index (κ1) is 13.0. The zero-order valence-corrected chi connectivity index (χ0v) is 11.2. The molecule has 0 aromatic carbocycles. The minimum absolute atomic E-state index is 0.0922. The lowest BCUT2D eigenvalue weighted by atomic mass is 10.2. The Morgan fingerprint density at radius 2 is 2.35 bits per heavy atom. The second kappa shape index (κ2) is 5.44. The van der Waals surface area contributed by atoms with Crippen molar-refractivity contribution in [1.29, 1.82) is 0 Å². The van der Waals surface area contributed by atoms with Crippen molar-refractivity contribution in [3.8, 4) is 0 Å². The smallest absolute Gasteiger partial charge is 0.0953 e. The van der Waals surface area contributed by atoms with E-state index in [9.17, 15) is 10.2 Å². The highest BCUT2D eigenvalue weighted by atomic mass is 32.1. The van der Waals surface area contributed by atoms with E-state index in [1.807, 2.05) is 6.20 Å². The second-order valence-electron chi connectivity index (χ2n) is 4.97. The molecule has 1 aromatic heterocycles. The van der Waals surface area contributed by atoms with Gasteiger partial charge in [0.2, 0.25) is 0 Å². The van der Waals surface area contributed by atoms with Gasteiger partial charge in [-0.2, -0.15) is 0 Å². The predicted molar refractivity (Wildman–Crippen MR) is 68.1 cm³/mol. The molecule has 0 saturated carbocycles. The molecule has 5 heteroatoms. The van der Waals surface area contributed by atoms with Crippen LogP contribution in [0.4, 0.5) is 0 Å². The number of aliphatic hydroxyl groups excluding tert-OH is 2. The van der Waals surface area contributed by atoms with Crippen molar-refractivity contribution in [3.63, 3.8) is 0 Å². The SMILES string of the molecule is CC(C)c1ncc(CN2C[C@@H](O)C[C@H]2CO)s1. The summed E-state index contributed by atoms with van der Waals surface area (Å²) >= 11 is 1.73. The Bertz CT molecular complexity index is 367. The monoisotopic (exact) mass is 256 g/mol. The van der Waals surface area contributed by atoms with Crippen molar-refractivity contribution in [3.05, 3.63) is 16.1 Å². The molecule has 0 bridgehead atoms. The van der Waals surface area contributed by atoms with E-state index < -0.39 is 0 Å². The molecule has 0 aliphatic carbocycles. The van der Waals surface area contributed by atoms with E-state index >= 15 is 0 Å². The van der Waals surface area contributed by atoms with Gasteiger partial charge in [-0.05, 0) is 6.42 Å². The van der Waals surface area contributed by atoms with Crippen molar-refractivity contribution in [2.24, 2.45) is 0 Å². The lowest BCUT2D eigenvalue weighted by molar-refractivity contribution is 0.151. The number of hydrogen-bond donors (Lipinski definition) is 2. The van der Waals surface area contributed by atoms with Crippen LogP contribution >= 0.6 is 11.3 Å². The predicted octanol–water partition coefficient (Wildman–Crippen LogP) is 1.19. The normalized spacial score (nSPS) is 25.9. The van der Waals surface area contributed by atoms with Crippen LogP contribution in [0.5, 0.6) is 0 Å². The van der Waals surface area contributed by atoms with E-state index in [0.29, 0.717) is 18.9 Å². The first-order valence-electron chi connectivity index (χ1n) is 6.07. The Morgan fingerprint density at radius 3 is 2.94 bits per heavy atom. The largest absolute Gasteiger partial charge is 0.395 e. The molecule has 0 spiro atoms. The Hall–Kier alpha value is -0.490. The van der Waals surface area contributed by atoms with Crippen LogP contribution in [0.25, 0.3) is 0 Å². The summed E-state index contributed by atoms with van der Waals surface area (Å²) in [5.41, 5.74) is 0. The van der Waals surface area contributed by atoms with Crippen LogP contribution in [0.2, 0.25) is 0 Å².